The van der Waals surface area contributed by atoms with Gasteiger partial charge in [-0.1, -0.05) is 19.8 Å². The fraction of sp³-hybridized carbons (Fsp3) is 0.933. The Morgan fingerprint density at radius 1 is 1.28 bits per heavy atom. The molecule has 104 valence electrons. The number of hydrogen-bond donors (Lipinski definition) is 2. The van der Waals surface area contributed by atoms with Gasteiger partial charge in [0, 0.05) is 13.0 Å². The molecule has 1 amide bonds. The van der Waals surface area contributed by atoms with Gasteiger partial charge in [0.25, 0.3) is 0 Å². The maximum absolute atomic E-state index is 11.9. The SMILES string of the molecule is CC(CC(=O)NCC1CCCC1)C1CCCNC1. The molecule has 2 aliphatic rings. The molecule has 1 aliphatic carbocycles. The van der Waals surface area contributed by atoms with Gasteiger partial charge >= 0.3 is 0 Å². The second kappa shape index (κ2) is 7.13. The van der Waals surface area contributed by atoms with Gasteiger partial charge in [0.2, 0.25) is 5.91 Å². The van der Waals surface area contributed by atoms with Crippen LogP contribution in [-0.2, 0) is 4.79 Å². The van der Waals surface area contributed by atoms with Crippen LogP contribution in [0.15, 0.2) is 0 Å². The molecule has 2 N–H and O–H groups in total. The third-order valence-corrected chi connectivity index (χ3v) is 4.71. The van der Waals surface area contributed by atoms with Gasteiger partial charge in [-0.15, -0.1) is 0 Å². The molecule has 1 saturated heterocycles. The Kier molecular flexibility index (Phi) is 5.48. The Bertz CT molecular complexity index is 255. The minimum atomic E-state index is 0.264. The molecule has 0 bridgehead atoms. The van der Waals surface area contributed by atoms with Crippen molar-refractivity contribution in [1.82, 2.24) is 10.6 Å². The van der Waals surface area contributed by atoms with E-state index < -0.39 is 0 Å². The van der Waals surface area contributed by atoms with Gasteiger partial charge < -0.3 is 10.6 Å². The van der Waals surface area contributed by atoms with E-state index in [-0.39, 0.29) is 5.91 Å². The average molecular weight is 252 g/mol. The number of nitrogens with one attached hydrogen (secondary N) is 2. The highest BCUT2D eigenvalue weighted by Crippen LogP contribution is 2.24. The fourth-order valence-corrected chi connectivity index (χ4v) is 3.37. The number of carbonyl (C=O) groups excluding carboxylic acids is 1. The third kappa shape index (κ3) is 4.27. The lowest BCUT2D eigenvalue weighted by Crippen LogP contribution is -2.36. The van der Waals surface area contributed by atoms with Gasteiger partial charge in [-0.25, -0.2) is 0 Å². The smallest absolute Gasteiger partial charge is 0.220 e. The lowest BCUT2D eigenvalue weighted by Gasteiger charge is -2.28. The van der Waals surface area contributed by atoms with Crippen molar-refractivity contribution in [3.63, 3.8) is 0 Å². The predicted molar refractivity (Wildman–Crippen MR) is 74.3 cm³/mol. The Morgan fingerprint density at radius 2 is 2.06 bits per heavy atom. The van der Waals surface area contributed by atoms with E-state index in [2.05, 4.69) is 17.6 Å². The van der Waals surface area contributed by atoms with E-state index in [1.54, 1.807) is 0 Å². The fourth-order valence-electron chi connectivity index (χ4n) is 3.37. The largest absolute Gasteiger partial charge is 0.356 e. The highest BCUT2D eigenvalue weighted by molar-refractivity contribution is 5.76. The van der Waals surface area contributed by atoms with Gasteiger partial charge in [-0.05, 0) is 56.5 Å². The molecule has 3 heteroatoms. The summed E-state index contributed by atoms with van der Waals surface area (Å²) in [5.74, 6) is 2.22. The Balaban J connectivity index is 1.62. The molecule has 2 unspecified atom stereocenters. The minimum absolute atomic E-state index is 0.264. The van der Waals surface area contributed by atoms with Crippen LogP contribution in [0, 0.1) is 17.8 Å². The summed E-state index contributed by atoms with van der Waals surface area (Å²) >= 11 is 0. The first-order valence-corrected chi connectivity index (χ1v) is 7.73. The molecule has 0 aromatic heterocycles. The predicted octanol–water partition coefficient (Wildman–Crippen LogP) is 2.32. The highest BCUT2D eigenvalue weighted by atomic mass is 16.1. The van der Waals surface area contributed by atoms with Crippen LogP contribution in [0.25, 0.3) is 0 Å². The summed E-state index contributed by atoms with van der Waals surface area (Å²) in [4.78, 5) is 11.9. The van der Waals surface area contributed by atoms with Crippen molar-refractivity contribution in [3.8, 4) is 0 Å². The maximum Gasteiger partial charge on any atom is 0.220 e. The molecule has 2 fully saturated rings. The number of rotatable bonds is 5. The normalized spacial score (nSPS) is 27.1. The molecule has 0 aromatic rings. The molecule has 0 spiro atoms. The van der Waals surface area contributed by atoms with Crippen LogP contribution >= 0.6 is 0 Å². The van der Waals surface area contributed by atoms with E-state index in [0.29, 0.717) is 18.3 Å². The quantitative estimate of drug-likeness (QED) is 0.788. The summed E-state index contributed by atoms with van der Waals surface area (Å²) < 4.78 is 0. The average Bonchev–Trinajstić information content (AvgIpc) is 2.90. The van der Waals surface area contributed by atoms with Crippen molar-refractivity contribution in [3.05, 3.63) is 0 Å². The van der Waals surface area contributed by atoms with E-state index in [9.17, 15) is 4.79 Å². The van der Waals surface area contributed by atoms with Crippen molar-refractivity contribution in [1.29, 1.82) is 0 Å². The number of hydrogen-bond acceptors (Lipinski definition) is 2. The molecule has 1 aliphatic heterocycles. The van der Waals surface area contributed by atoms with Crippen molar-refractivity contribution >= 4 is 5.91 Å². The van der Waals surface area contributed by atoms with E-state index in [4.69, 9.17) is 0 Å². The lowest BCUT2D eigenvalue weighted by molar-refractivity contribution is -0.122. The Labute approximate surface area is 111 Å². The summed E-state index contributed by atoms with van der Waals surface area (Å²) in [6.45, 7) is 5.38. The van der Waals surface area contributed by atoms with Crippen molar-refractivity contribution in [2.45, 2.75) is 51.9 Å². The van der Waals surface area contributed by atoms with Crippen molar-refractivity contribution < 1.29 is 4.79 Å². The van der Waals surface area contributed by atoms with Crippen molar-refractivity contribution in [2.75, 3.05) is 19.6 Å². The zero-order valence-electron chi connectivity index (χ0n) is 11.7. The summed E-state index contributed by atoms with van der Waals surface area (Å²) in [5.41, 5.74) is 0. The molecular weight excluding hydrogens is 224 g/mol. The Hall–Kier alpha value is -0.570. The molecular formula is C15H28N2O. The molecule has 18 heavy (non-hydrogen) atoms. The molecule has 2 atom stereocenters. The first-order valence-electron chi connectivity index (χ1n) is 7.73. The number of carbonyl (C=O) groups is 1. The van der Waals surface area contributed by atoms with Crippen LogP contribution in [0.4, 0.5) is 0 Å². The van der Waals surface area contributed by atoms with E-state index >= 15 is 0 Å². The zero-order chi connectivity index (χ0) is 12.8. The molecule has 0 radical (unpaired) electrons. The lowest BCUT2D eigenvalue weighted by atomic mass is 9.85. The molecule has 1 heterocycles. The zero-order valence-corrected chi connectivity index (χ0v) is 11.7. The van der Waals surface area contributed by atoms with Crippen LogP contribution in [0.3, 0.4) is 0 Å². The van der Waals surface area contributed by atoms with Gasteiger partial charge in [-0.3, -0.25) is 4.79 Å². The number of amides is 1. The first kappa shape index (κ1) is 13.9. The van der Waals surface area contributed by atoms with Gasteiger partial charge in [0.05, 0.1) is 0 Å². The van der Waals surface area contributed by atoms with Gasteiger partial charge in [0.1, 0.15) is 0 Å². The summed E-state index contributed by atoms with van der Waals surface area (Å²) in [7, 11) is 0. The molecule has 2 rings (SSSR count). The van der Waals surface area contributed by atoms with Crippen LogP contribution in [0.1, 0.15) is 51.9 Å². The van der Waals surface area contributed by atoms with E-state index in [1.807, 2.05) is 0 Å². The van der Waals surface area contributed by atoms with E-state index in [0.717, 1.165) is 25.6 Å². The Morgan fingerprint density at radius 3 is 2.72 bits per heavy atom. The number of piperidine rings is 1. The van der Waals surface area contributed by atoms with Crippen LogP contribution in [0.2, 0.25) is 0 Å². The molecule has 0 aromatic carbocycles. The van der Waals surface area contributed by atoms with Crippen LogP contribution < -0.4 is 10.6 Å². The maximum atomic E-state index is 11.9. The van der Waals surface area contributed by atoms with E-state index in [1.165, 1.54) is 38.5 Å². The molecule has 1 saturated carbocycles. The summed E-state index contributed by atoms with van der Waals surface area (Å²) in [6.07, 6.45) is 8.57. The minimum Gasteiger partial charge on any atom is -0.356 e. The third-order valence-electron chi connectivity index (χ3n) is 4.71. The van der Waals surface area contributed by atoms with Gasteiger partial charge in [-0.2, -0.15) is 0 Å². The second-order valence-corrected chi connectivity index (χ2v) is 6.24. The summed E-state index contributed by atoms with van der Waals surface area (Å²) in [5, 5.41) is 6.57. The standard InChI is InChI=1S/C15H28N2O/c1-12(14-7-4-8-16-11-14)9-15(18)17-10-13-5-2-3-6-13/h12-14,16H,2-11H2,1H3,(H,17,18). The highest BCUT2D eigenvalue weighted by Gasteiger charge is 2.22. The second-order valence-electron chi connectivity index (χ2n) is 6.24. The summed E-state index contributed by atoms with van der Waals surface area (Å²) in [6, 6.07) is 0. The topological polar surface area (TPSA) is 41.1 Å². The van der Waals surface area contributed by atoms with Crippen LogP contribution in [-0.4, -0.2) is 25.5 Å². The monoisotopic (exact) mass is 252 g/mol. The molecule has 3 nitrogen and oxygen atoms in total. The first-order chi connectivity index (χ1) is 8.75. The van der Waals surface area contributed by atoms with Gasteiger partial charge in [0.15, 0.2) is 0 Å². The van der Waals surface area contributed by atoms with Crippen LogP contribution in [0.5, 0.6) is 0 Å². The van der Waals surface area contributed by atoms with Crippen molar-refractivity contribution in [2.24, 2.45) is 17.8 Å².